The third-order valence-corrected chi connectivity index (χ3v) is 6.66. The summed E-state index contributed by atoms with van der Waals surface area (Å²) < 4.78 is 6.60. The fourth-order valence-corrected chi connectivity index (χ4v) is 4.91. The van der Waals surface area contributed by atoms with Gasteiger partial charge in [-0.3, -0.25) is 0 Å². The van der Waals surface area contributed by atoms with Crippen molar-refractivity contribution >= 4 is 50.3 Å². The van der Waals surface area contributed by atoms with Gasteiger partial charge in [-0.25, -0.2) is 14.8 Å². The van der Waals surface area contributed by atoms with Crippen LogP contribution in [0.4, 0.5) is 5.95 Å². The van der Waals surface area contributed by atoms with Gasteiger partial charge >= 0.3 is 5.97 Å². The van der Waals surface area contributed by atoms with Crippen molar-refractivity contribution in [1.29, 1.82) is 0 Å². The summed E-state index contributed by atoms with van der Waals surface area (Å²) in [6.45, 7) is 3.18. The van der Waals surface area contributed by atoms with E-state index >= 15 is 0 Å². The largest absolute Gasteiger partial charge is 0.401 e. The van der Waals surface area contributed by atoms with Crippen LogP contribution < -0.4 is 4.90 Å². The second-order valence-electron chi connectivity index (χ2n) is 7.57. The summed E-state index contributed by atoms with van der Waals surface area (Å²) in [6.07, 6.45) is 1.82. The number of hydrogen-bond donors (Lipinski definition) is 1. The van der Waals surface area contributed by atoms with Gasteiger partial charge in [0.05, 0.1) is 15.9 Å². The molecule has 0 spiro atoms. The van der Waals surface area contributed by atoms with Gasteiger partial charge in [0.25, 0.3) is 0 Å². The number of aromatic amines is 1. The predicted octanol–water partition coefficient (Wildman–Crippen LogP) is 3.74. The van der Waals surface area contributed by atoms with Crippen LogP contribution in [-0.2, 0) is 9.53 Å². The number of rotatable bonds is 3. The maximum absolute atomic E-state index is 12.4. The quantitative estimate of drug-likeness (QED) is 0.397. The number of fused-ring (bicyclic) bond motifs is 2. The highest BCUT2D eigenvalue weighted by Crippen LogP contribution is 2.29. The van der Waals surface area contributed by atoms with E-state index < -0.39 is 5.97 Å². The highest BCUT2D eigenvalue weighted by molar-refractivity contribution is 7.20. The number of imidazole rings is 1. The Bertz CT molecular complexity index is 1290. The number of benzene rings is 2. The summed E-state index contributed by atoms with van der Waals surface area (Å²) in [5.74, 6) is 0.879. The third kappa shape index (κ3) is 3.34. The Morgan fingerprint density at radius 3 is 2.68 bits per heavy atom. The van der Waals surface area contributed by atoms with Crippen LogP contribution in [0.5, 0.6) is 0 Å². The minimum Gasteiger partial charge on any atom is -0.401 e. The SMILES string of the molecule is O=C1OC(c2cc3ccccc3s2)=NC1=CN1CCN(c2nc3ccccc3[nH]2)CC1. The highest BCUT2D eigenvalue weighted by Gasteiger charge is 2.27. The monoisotopic (exact) mass is 429 g/mol. The Morgan fingerprint density at radius 1 is 1.03 bits per heavy atom. The van der Waals surface area contributed by atoms with Crippen molar-refractivity contribution < 1.29 is 9.53 Å². The lowest BCUT2D eigenvalue weighted by Gasteiger charge is -2.33. The average Bonchev–Trinajstić information content (AvgIpc) is 3.50. The van der Waals surface area contributed by atoms with Crippen molar-refractivity contribution in [2.45, 2.75) is 0 Å². The molecule has 1 saturated heterocycles. The molecule has 7 nitrogen and oxygen atoms in total. The number of esters is 1. The van der Waals surface area contributed by atoms with Gasteiger partial charge in [0.1, 0.15) is 0 Å². The Kier molecular flexibility index (Phi) is 4.24. The molecule has 0 radical (unpaired) electrons. The van der Waals surface area contributed by atoms with Crippen LogP contribution in [0.1, 0.15) is 4.88 Å². The summed E-state index contributed by atoms with van der Waals surface area (Å²) in [5, 5.41) is 1.13. The van der Waals surface area contributed by atoms with Crippen LogP contribution >= 0.6 is 11.3 Å². The maximum atomic E-state index is 12.4. The molecule has 0 unspecified atom stereocenters. The van der Waals surface area contributed by atoms with E-state index in [4.69, 9.17) is 4.74 Å². The number of carbonyl (C=O) groups is 1. The molecule has 2 aromatic carbocycles. The lowest BCUT2D eigenvalue weighted by molar-refractivity contribution is -0.130. The van der Waals surface area contributed by atoms with E-state index in [1.807, 2.05) is 54.7 Å². The van der Waals surface area contributed by atoms with Crippen LogP contribution in [0.25, 0.3) is 21.1 Å². The Hall–Kier alpha value is -3.65. The molecular formula is C23H19N5O2S. The second-order valence-corrected chi connectivity index (χ2v) is 8.65. The number of cyclic esters (lactones) is 1. The van der Waals surface area contributed by atoms with Crippen LogP contribution in [0.2, 0.25) is 0 Å². The number of H-pyrrole nitrogens is 1. The smallest absolute Gasteiger partial charge is 0.365 e. The van der Waals surface area contributed by atoms with Crippen molar-refractivity contribution in [3.63, 3.8) is 0 Å². The van der Waals surface area contributed by atoms with E-state index in [1.54, 1.807) is 11.3 Å². The van der Waals surface area contributed by atoms with Gasteiger partial charge in [-0.05, 0) is 29.7 Å². The van der Waals surface area contributed by atoms with Crippen molar-refractivity contribution in [2.75, 3.05) is 31.1 Å². The zero-order valence-corrected chi connectivity index (χ0v) is 17.4. The molecule has 2 aliphatic rings. The fourth-order valence-electron chi connectivity index (χ4n) is 3.92. The first-order valence-corrected chi connectivity index (χ1v) is 11.0. The standard InChI is InChI=1S/C23H19N5O2S/c29-22-18(24-21(30-22)20-13-15-5-1-4-8-19(15)31-20)14-27-9-11-28(12-10-27)23-25-16-6-2-3-7-17(16)26-23/h1-8,13-14H,9-12H2,(H,25,26). The molecular weight excluding hydrogens is 410 g/mol. The van der Waals surface area contributed by atoms with E-state index in [9.17, 15) is 4.79 Å². The maximum Gasteiger partial charge on any atom is 0.365 e. The topological polar surface area (TPSA) is 73.8 Å². The molecule has 1 N–H and O–H groups in total. The average molecular weight is 430 g/mol. The molecule has 0 aliphatic carbocycles. The number of hydrogen-bond acceptors (Lipinski definition) is 7. The molecule has 2 aliphatic heterocycles. The number of aromatic nitrogens is 2. The first-order valence-electron chi connectivity index (χ1n) is 10.2. The van der Waals surface area contributed by atoms with Crippen molar-refractivity contribution in [3.05, 3.63) is 71.4 Å². The summed E-state index contributed by atoms with van der Waals surface area (Å²) in [5.41, 5.74) is 2.36. The Morgan fingerprint density at radius 2 is 1.84 bits per heavy atom. The molecule has 8 heteroatoms. The number of thiophene rings is 1. The van der Waals surface area contributed by atoms with E-state index in [1.165, 1.54) is 0 Å². The van der Waals surface area contributed by atoms with Crippen LogP contribution in [0.3, 0.4) is 0 Å². The number of piperazine rings is 1. The molecule has 2 aromatic heterocycles. The molecule has 0 amide bonds. The van der Waals surface area contributed by atoms with E-state index in [-0.39, 0.29) is 0 Å². The van der Waals surface area contributed by atoms with Gasteiger partial charge in [0.15, 0.2) is 5.70 Å². The Balaban J connectivity index is 1.17. The molecule has 1 fully saturated rings. The van der Waals surface area contributed by atoms with Crippen molar-refractivity contribution in [1.82, 2.24) is 14.9 Å². The third-order valence-electron chi connectivity index (χ3n) is 5.55. The molecule has 154 valence electrons. The highest BCUT2D eigenvalue weighted by atomic mass is 32.1. The van der Waals surface area contributed by atoms with Crippen LogP contribution in [0.15, 0.2) is 71.5 Å². The minimum atomic E-state index is -0.396. The number of ether oxygens (including phenoxy) is 1. The number of carbonyl (C=O) groups excluding carboxylic acids is 1. The van der Waals surface area contributed by atoms with E-state index in [0.717, 1.165) is 58.1 Å². The van der Waals surface area contributed by atoms with E-state index in [0.29, 0.717) is 11.6 Å². The molecule has 31 heavy (non-hydrogen) atoms. The van der Waals surface area contributed by atoms with Gasteiger partial charge in [-0.15, -0.1) is 11.3 Å². The first-order chi connectivity index (χ1) is 15.2. The van der Waals surface area contributed by atoms with Crippen molar-refractivity contribution in [3.8, 4) is 0 Å². The number of para-hydroxylation sites is 2. The molecule has 0 atom stereocenters. The molecule has 6 rings (SSSR count). The normalized spacial score (nSPS) is 18.3. The van der Waals surface area contributed by atoms with Crippen LogP contribution in [0, 0.1) is 0 Å². The van der Waals surface area contributed by atoms with Crippen molar-refractivity contribution in [2.24, 2.45) is 4.99 Å². The zero-order valence-electron chi connectivity index (χ0n) is 16.6. The lowest BCUT2D eigenvalue weighted by atomic mass is 10.2. The molecule has 4 heterocycles. The first kappa shape index (κ1) is 18.1. The van der Waals surface area contributed by atoms with Gasteiger partial charge in [0.2, 0.25) is 11.8 Å². The minimum absolute atomic E-state index is 0.352. The predicted molar refractivity (Wildman–Crippen MR) is 122 cm³/mol. The lowest BCUT2D eigenvalue weighted by Crippen LogP contribution is -2.44. The second kappa shape index (κ2) is 7.24. The molecule has 4 aromatic rings. The van der Waals surface area contributed by atoms with Gasteiger partial charge in [-0.2, -0.15) is 0 Å². The van der Waals surface area contributed by atoms with Gasteiger partial charge in [-0.1, -0.05) is 30.3 Å². The number of anilines is 1. The summed E-state index contributed by atoms with van der Waals surface area (Å²) in [6, 6.07) is 18.1. The molecule has 0 bridgehead atoms. The summed E-state index contributed by atoms with van der Waals surface area (Å²) in [7, 11) is 0. The summed E-state index contributed by atoms with van der Waals surface area (Å²) in [4.78, 5) is 30.1. The number of nitrogens with zero attached hydrogens (tertiary/aromatic N) is 4. The molecule has 0 saturated carbocycles. The summed E-state index contributed by atoms with van der Waals surface area (Å²) >= 11 is 1.58. The fraction of sp³-hybridized carbons (Fsp3) is 0.174. The zero-order chi connectivity index (χ0) is 20.8. The van der Waals surface area contributed by atoms with Crippen LogP contribution in [-0.4, -0.2) is 52.9 Å². The van der Waals surface area contributed by atoms with E-state index in [2.05, 4.69) is 30.8 Å². The number of nitrogens with one attached hydrogen (secondary N) is 1. The van der Waals surface area contributed by atoms with Gasteiger partial charge in [0, 0.05) is 37.1 Å². The van der Waals surface area contributed by atoms with Gasteiger partial charge < -0.3 is 19.5 Å². The Labute approximate surface area is 182 Å². The number of aliphatic imine (C=N–C) groups is 1.